The highest BCUT2D eigenvalue weighted by Gasteiger charge is 2.23. The second-order valence-corrected chi connectivity index (χ2v) is 10.7. The van der Waals surface area contributed by atoms with E-state index in [0.717, 1.165) is 47.0 Å². The Hall–Kier alpha value is -3.39. The third-order valence-corrected chi connectivity index (χ3v) is 7.85. The number of rotatable bonds is 7. The minimum Gasteiger partial charge on any atom is -0.508 e. The van der Waals surface area contributed by atoms with Gasteiger partial charge < -0.3 is 10.0 Å². The van der Waals surface area contributed by atoms with Gasteiger partial charge in [0, 0.05) is 24.1 Å². The molecule has 6 nitrogen and oxygen atoms in total. The number of nitro groups is 1. The Bertz CT molecular complexity index is 1290. The molecule has 4 rings (SSSR count). The molecule has 3 aromatic rings. The van der Waals surface area contributed by atoms with Gasteiger partial charge in [0.15, 0.2) is 5.17 Å². The first-order valence-electron chi connectivity index (χ1n) is 12.6. The number of phenolic OH excluding ortho intramolecular Hbond substituents is 1. The first-order valence-corrected chi connectivity index (χ1v) is 13.4. The van der Waals surface area contributed by atoms with Gasteiger partial charge in [0.25, 0.3) is 0 Å². The van der Waals surface area contributed by atoms with Gasteiger partial charge in [0.05, 0.1) is 10.6 Å². The molecule has 0 saturated heterocycles. The second-order valence-electron chi connectivity index (χ2n) is 9.71. The van der Waals surface area contributed by atoms with Crippen LogP contribution in [0.1, 0.15) is 48.8 Å². The fourth-order valence-electron chi connectivity index (χ4n) is 4.76. The van der Waals surface area contributed by atoms with E-state index >= 15 is 0 Å². The van der Waals surface area contributed by atoms with Crippen LogP contribution >= 0.6 is 11.8 Å². The molecule has 8 heteroatoms. The molecule has 194 valence electrons. The maximum absolute atomic E-state index is 14.1. The minimum atomic E-state index is -0.883. The van der Waals surface area contributed by atoms with Gasteiger partial charge in [-0.3, -0.25) is 10.1 Å². The molecule has 1 fully saturated rings. The van der Waals surface area contributed by atoms with E-state index in [9.17, 15) is 19.6 Å². The number of benzene rings is 3. The van der Waals surface area contributed by atoms with Gasteiger partial charge in [-0.1, -0.05) is 60.9 Å². The summed E-state index contributed by atoms with van der Waals surface area (Å²) in [4.78, 5) is 18.7. The first kappa shape index (κ1) is 26.7. The van der Waals surface area contributed by atoms with Crippen molar-refractivity contribution < 1.29 is 14.4 Å². The topological polar surface area (TPSA) is 79.0 Å². The first-order chi connectivity index (χ1) is 17.8. The third kappa shape index (κ3) is 7.32. The Morgan fingerprint density at radius 3 is 2.59 bits per heavy atom. The summed E-state index contributed by atoms with van der Waals surface area (Å²) in [5.41, 5.74) is 2.94. The molecule has 1 N–H and O–H groups in total. The van der Waals surface area contributed by atoms with E-state index in [-0.39, 0.29) is 5.75 Å². The van der Waals surface area contributed by atoms with Crippen LogP contribution in [0.4, 0.5) is 15.8 Å². The molecule has 0 radical (unpaired) electrons. The predicted molar refractivity (Wildman–Crippen MR) is 147 cm³/mol. The highest BCUT2D eigenvalue weighted by Crippen LogP contribution is 2.33. The van der Waals surface area contributed by atoms with Gasteiger partial charge in [-0.05, 0) is 74.1 Å². The summed E-state index contributed by atoms with van der Waals surface area (Å²) < 4.78 is 14.1. The summed E-state index contributed by atoms with van der Waals surface area (Å²) in [6.45, 7) is 5.39. The van der Waals surface area contributed by atoms with Crippen LogP contribution in [-0.2, 0) is 6.54 Å². The van der Waals surface area contributed by atoms with Crippen molar-refractivity contribution in [1.29, 1.82) is 0 Å². The van der Waals surface area contributed by atoms with Crippen LogP contribution in [0.2, 0.25) is 0 Å². The molecule has 0 unspecified atom stereocenters. The Labute approximate surface area is 221 Å². The second kappa shape index (κ2) is 12.2. The number of amidine groups is 1. The average molecular weight is 522 g/mol. The van der Waals surface area contributed by atoms with Crippen molar-refractivity contribution in [3.63, 3.8) is 0 Å². The number of nitrogens with zero attached hydrogens (tertiary/aromatic N) is 3. The van der Waals surface area contributed by atoms with Crippen molar-refractivity contribution in [2.45, 2.75) is 57.4 Å². The van der Waals surface area contributed by atoms with E-state index in [1.165, 1.54) is 43.2 Å². The largest absolute Gasteiger partial charge is 0.508 e. The Kier molecular flexibility index (Phi) is 8.82. The maximum Gasteiger partial charge on any atom is 0.306 e. The molecule has 0 bridgehead atoms. The summed E-state index contributed by atoms with van der Waals surface area (Å²) >= 11 is 1.51. The zero-order chi connectivity index (χ0) is 26.4. The van der Waals surface area contributed by atoms with Gasteiger partial charge >= 0.3 is 5.69 Å². The predicted octanol–water partition coefficient (Wildman–Crippen LogP) is 7.92. The fourth-order valence-corrected chi connectivity index (χ4v) is 5.73. The standard InChI is InChI=1S/C29H32FN3O3S/c1-20-11-14-28(21(2)15-20)37-29(31-24-12-13-26(30)27(17-24)33(35)36)32(18-22-7-4-3-5-8-22)19-23-9-6-10-25(34)16-23/h6,9-17,22,34H,3-5,7-8,18-19H2,1-2H3. The van der Waals surface area contributed by atoms with Gasteiger partial charge in [-0.15, -0.1) is 0 Å². The van der Waals surface area contributed by atoms with Crippen molar-refractivity contribution in [2.24, 2.45) is 10.9 Å². The van der Waals surface area contributed by atoms with Crippen molar-refractivity contribution in [1.82, 2.24) is 4.90 Å². The Morgan fingerprint density at radius 1 is 1.11 bits per heavy atom. The molecule has 1 aliphatic carbocycles. The van der Waals surface area contributed by atoms with Crippen molar-refractivity contribution in [3.05, 3.63) is 93.3 Å². The van der Waals surface area contributed by atoms with Gasteiger partial charge in [0.2, 0.25) is 5.82 Å². The molecule has 3 aromatic carbocycles. The summed E-state index contributed by atoms with van der Waals surface area (Å²) in [5, 5.41) is 22.1. The minimum absolute atomic E-state index is 0.199. The van der Waals surface area contributed by atoms with Crippen LogP contribution in [0.25, 0.3) is 0 Å². The Balaban J connectivity index is 1.77. The van der Waals surface area contributed by atoms with E-state index in [1.807, 2.05) is 19.1 Å². The summed E-state index contributed by atoms with van der Waals surface area (Å²) in [5.74, 6) is -0.185. The number of aromatic hydroxyl groups is 1. The lowest BCUT2D eigenvalue weighted by Crippen LogP contribution is -2.34. The molecule has 37 heavy (non-hydrogen) atoms. The molecule has 0 amide bonds. The quantitative estimate of drug-likeness (QED) is 0.112. The highest BCUT2D eigenvalue weighted by atomic mass is 32.2. The lowest BCUT2D eigenvalue weighted by molar-refractivity contribution is -0.387. The summed E-state index contributed by atoms with van der Waals surface area (Å²) in [6, 6.07) is 17.2. The number of phenols is 1. The highest BCUT2D eigenvalue weighted by molar-refractivity contribution is 8.13. The number of aryl methyl sites for hydroxylation is 2. The zero-order valence-electron chi connectivity index (χ0n) is 21.2. The van der Waals surface area contributed by atoms with E-state index in [0.29, 0.717) is 23.3 Å². The number of thioether (sulfide) groups is 1. The van der Waals surface area contributed by atoms with Crippen LogP contribution in [-0.4, -0.2) is 26.6 Å². The van der Waals surface area contributed by atoms with Crippen LogP contribution < -0.4 is 0 Å². The van der Waals surface area contributed by atoms with E-state index in [4.69, 9.17) is 4.99 Å². The average Bonchev–Trinajstić information content (AvgIpc) is 2.86. The van der Waals surface area contributed by atoms with Crippen LogP contribution in [0, 0.1) is 35.7 Å². The van der Waals surface area contributed by atoms with Gasteiger partial charge in [-0.2, -0.15) is 4.39 Å². The van der Waals surface area contributed by atoms with E-state index in [1.54, 1.807) is 12.1 Å². The molecular formula is C29H32FN3O3S. The van der Waals surface area contributed by atoms with Crippen LogP contribution in [0.5, 0.6) is 5.75 Å². The van der Waals surface area contributed by atoms with Gasteiger partial charge in [0.1, 0.15) is 5.75 Å². The Morgan fingerprint density at radius 2 is 1.89 bits per heavy atom. The third-order valence-electron chi connectivity index (χ3n) is 6.64. The molecule has 0 aromatic heterocycles. The fraction of sp³-hybridized carbons (Fsp3) is 0.345. The van der Waals surface area contributed by atoms with Crippen molar-refractivity contribution in [2.75, 3.05) is 6.54 Å². The molecule has 0 heterocycles. The summed E-state index contributed by atoms with van der Waals surface area (Å²) in [6.07, 6.45) is 5.93. The molecule has 1 aliphatic rings. The van der Waals surface area contributed by atoms with E-state index < -0.39 is 16.4 Å². The lowest BCUT2D eigenvalue weighted by Gasteiger charge is -2.32. The molecule has 0 atom stereocenters. The summed E-state index contributed by atoms with van der Waals surface area (Å²) in [7, 11) is 0. The monoisotopic (exact) mass is 521 g/mol. The molecular weight excluding hydrogens is 489 g/mol. The lowest BCUT2D eigenvalue weighted by atomic mass is 9.89. The number of nitro benzene ring substituents is 1. The molecule has 0 spiro atoms. The normalized spacial score (nSPS) is 14.5. The smallest absolute Gasteiger partial charge is 0.306 e. The molecule has 0 aliphatic heterocycles. The maximum atomic E-state index is 14.1. The van der Waals surface area contributed by atoms with E-state index in [2.05, 4.69) is 30.0 Å². The van der Waals surface area contributed by atoms with Gasteiger partial charge in [-0.25, -0.2) is 4.99 Å². The molecule has 1 saturated carbocycles. The van der Waals surface area contributed by atoms with Crippen molar-refractivity contribution in [3.8, 4) is 5.75 Å². The number of hydrogen-bond acceptors (Lipinski definition) is 5. The number of hydrogen-bond donors (Lipinski definition) is 1. The number of halogens is 1. The number of aliphatic imine (C=N–C) groups is 1. The zero-order valence-corrected chi connectivity index (χ0v) is 22.0. The SMILES string of the molecule is Cc1ccc(SC(=Nc2ccc(F)c([N+](=O)[O-])c2)N(Cc2cccc(O)c2)CC2CCCCC2)c(C)c1. The van der Waals surface area contributed by atoms with Crippen LogP contribution in [0.15, 0.2) is 70.6 Å². The van der Waals surface area contributed by atoms with Crippen LogP contribution in [0.3, 0.4) is 0 Å². The van der Waals surface area contributed by atoms with Crippen molar-refractivity contribution >= 4 is 28.3 Å².